The molecule has 0 aliphatic rings. The molecule has 0 amide bonds. The first-order chi connectivity index (χ1) is 11.0. The molecule has 0 fully saturated rings. The van der Waals surface area contributed by atoms with Gasteiger partial charge in [-0.25, -0.2) is 4.68 Å². The van der Waals surface area contributed by atoms with Crippen LogP contribution in [-0.4, -0.2) is 27.8 Å². The zero-order chi connectivity index (χ0) is 16.8. The lowest BCUT2D eigenvalue weighted by Gasteiger charge is -2.18. The van der Waals surface area contributed by atoms with Gasteiger partial charge in [0.25, 0.3) is 5.56 Å². The number of rotatable bonds is 7. The van der Waals surface area contributed by atoms with Crippen LogP contribution in [0.2, 0.25) is 0 Å². The minimum atomic E-state index is -0.149. The van der Waals surface area contributed by atoms with E-state index >= 15 is 0 Å². The third kappa shape index (κ3) is 4.65. The first-order valence-electron chi connectivity index (χ1n) is 7.81. The number of hydrogen-bond acceptors (Lipinski definition) is 4. The molecule has 0 radical (unpaired) electrons. The molecule has 1 N–H and O–H groups in total. The van der Waals surface area contributed by atoms with E-state index in [0.29, 0.717) is 16.7 Å². The van der Waals surface area contributed by atoms with Crippen LogP contribution in [0, 0.1) is 0 Å². The second-order valence-electron chi connectivity index (χ2n) is 5.43. The molecule has 1 heterocycles. The van der Waals surface area contributed by atoms with Crippen LogP contribution in [0.25, 0.3) is 0 Å². The number of hydrogen-bond donors (Lipinski definition) is 1. The molecule has 6 heteroatoms. The van der Waals surface area contributed by atoms with Gasteiger partial charge in [-0.2, -0.15) is 5.10 Å². The summed E-state index contributed by atoms with van der Waals surface area (Å²) in [7, 11) is 1.63. The highest BCUT2D eigenvalue weighted by atomic mass is 79.9. The minimum absolute atomic E-state index is 0.149. The van der Waals surface area contributed by atoms with E-state index in [0.717, 1.165) is 19.6 Å². The van der Waals surface area contributed by atoms with Gasteiger partial charge in [0, 0.05) is 20.1 Å². The topological polar surface area (TPSA) is 50.2 Å². The number of nitrogens with zero attached hydrogens (tertiary/aromatic N) is 3. The second kappa shape index (κ2) is 8.26. The molecule has 0 bridgehead atoms. The van der Waals surface area contributed by atoms with E-state index in [4.69, 9.17) is 0 Å². The molecule has 23 heavy (non-hydrogen) atoms. The fraction of sp³-hybridized carbons (Fsp3) is 0.412. The molecule has 1 aromatic carbocycles. The second-order valence-corrected chi connectivity index (χ2v) is 6.23. The molecule has 2 rings (SSSR count). The lowest BCUT2D eigenvalue weighted by Crippen LogP contribution is -2.22. The van der Waals surface area contributed by atoms with Crippen molar-refractivity contribution in [2.75, 3.05) is 18.4 Å². The average Bonchev–Trinajstić information content (AvgIpc) is 2.58. The van der Waals surface area contributed by atoms with Crippen LogP contribution in [0.1, 0.15) is 25.0 Å². The van der Waals surface area contributed by atoms with Crippen LogP contribution in [0.5, 0.6) is 0 Å². The Kier molecular flexibility index (Phi) is 6.36. The predicted octanol–water partition coefficient (Wildman–Crippen LogP) is 3.00. The number of aryl methyl sites for hydroxylation is 1. The molecule has 0 unspecified atom stereocenters. The molecule has 0 saturated carbocycles. The van der Waals surface area contributed by atoms with Crippen molar-refractivity contribution in [2.24, 2.45) is 7.05 Å². The first-order valence-corrected chi connectivity index (χ1v) is 8.60. The van der Waals surface area contributed by atoms with Gasteiger partial charge in [0.1, 0.15) is 4.47 Å². The summed E-state index contributed by atoms with van der Waals surface area (Å²) < 4.78 is 1.81. The van der Waals surface area contributed by atoms with Gasteiger partial charge in [0.15, 0.2) is 0 Å². The van der Waals surface area contributed by atoms with Gasteiger partial charge < -0.3 is 5.32 Å². The molecule has 0 aliphatic carbocycles. The Morgan fingerprint density at radius 2 is 1.78 bits per heavy atom. The lowest BCUT2D eigenvalue weighted by molar-refractivity contribution is 0.296. The highest BCUT2D eigenvalue weighted by Crippen LogP contribution is 2.17. The third-order valence-electron chi connectivity index (χ3n) is 3.88. The summed E-state index contributed by atoms with van der Waals surface area (Å²) in [6.45, 7) is 8.10. The van der Waals surface area contributed by atoms with E-state index in [1.165, 1.54) is 15.8 Å². The van der Waals surface area contributed by atoms with Crippen molar-refractivity contribution in [1.82, 2.24) is 14.7 Å². The van der Waals surface area contributed by atoms with Crippen molar-refractivity contribution in [3.63, 3.8) is 0 Å². The van der Waals surface area contributed by atoms with Crippen LogP contribution < -0.4 is 10.9 Å². The number of aromatic nitrogens is 2. The lowest BCUT2D eigenvalue weighted by atomic mass is 10.1. The minimum Gasteiger partial charge on any atom is -0.379 e. The van der Waals surface area contributed by atoms with E-state index in [1.54, 1.807) is 13.2 Å². The Balaban J connectivity index is 1.99. The SMILES string of the molecule is CCN(CC)Cc1ccc(CNc2cnn(C)c(=O)c2Br)cc1. The molecular formula is C17H23BrN4O. The summed E-state index contributed by atoms with van der Waals surface area (Å²) in [6.07, 6.45) is 1.65. The average molecular weight is 379 g/mol. The Morgan fingerprint density at radius 3 is 2.39 bits per heavy atom. The van der Waals surface area contributed by atoms with Crippen LogP contribution in [0.3, 0.4) is 0 Å². The fourth-order valence-corrected chi connectivity index (χ4v) is 2.80. The summed E-state index contributed by atoms with van der Waals surface area (Å²) in [5.74, 6) is 0. The van der Waals surface area contributed by atoms with E-state index in [1.807, 2.05) is 0 Å². The molecular weight excluding hydrogens is 356 g/mol. The zero-order valence-electron chi connectivity index (χ0n) is 13.8. The molecule has 124 valence electrons. The first kappa shape index (κ1) is 17.7. The largest absolute Gasteiger partial charge is 0.379 e. The van der Waals surface area contributed by atoms with Crippen molar-refractivity contribution in [3.8, 4) is 0 Å². The van der Waals surface area contributed by atoms with E-state index < -0.39 is 0 Å². The van der Waals surface area contributed by atoms with E-state index in [2.05, 4.69) is 69.4 Å². The zero-order valence-corrected chi connectivity index (χ0v) is 15.4. The van der Waals surface area contributed by atoms with Crippen molar-refractivity contribution < 1.29 is 0 Å². The van der Waals surface area contributed by atoms with Gasteiger partial charge in [-0.3, -0.25) is 9.69 Å². The number of halogens is 1. The Hall–Kier alpha value is -1.66. The van der Waals surface area contributed by atoms with Gasteiger partial charge >= 0.3 is 0 Å². The van der Waals surface area contributed by atoms with Gasteiger partial charge in [0.05, 0.1) is 11.9 Å². The third-order valence-corrected chi connectivity index (χ3v) is 4.65. The van der Waals surface area contributed by atoms with E-state index in [-0.39, 0.29) is 5.56 Å². The van der Waals surface area contributed by atoms with Gasteiger partial charge in [-0.05, 0) is 40.1 Å². The highest BCUT2D eigenvalue weighted by molar-refractivity contribution is 9.10. The van der Waals surface area contributed by atoms with Gasteiger partial charge in [-0.1, -0.05) is 38.1 Å². The standard InChI is InChI=1S/C17H23BrN4O/c1-4-22(5-2)12-14-8-6-13(7-9-14)10-19-15-11-20-21(3)17(23)16(15)18/h6-9,11,19H,4-5,10,12H2,1-3H3. The van der Waals surface area contributed by atoms with Crippen molar-refractivity contribution in [2.45, 2.75) is 26.9 Å². The summed E-state index contributed by atoms with van der Waals surface area (Å²) in [4.78, 5) is 14.2. The summed E-state index contributed by atoms with van der Waals surface area (Å²) >= 11 is 3.32. The van der Waals surface area contributed by atoms with Crippen LogP contribution in [-0.2, 0) is 20.1 Å². The normalized spacial score (nSPS) is 11.0. The molecule has 5 nitrogen and oxygen atoms in total. The summed E-state index contributed by atoms with van der Waals surface area (Å²) in [5.41, 5.74) is 3.04. The smallest absolute Gasteiger partial charge is 0.282 e. The molecule has 0 aliphatic heterocycles. The molecule has 0 saturated heterocycles. The predicted molar refractivity (Wildman–Crippen MR) is 97.6 cm³/mol. The van der Waals surface area contributed by atoms with Crippen molar-refractivity contribution >= 4 is 21.6 Å². The van der Waals surface area contributed by atoms with E-state index in [9.17, 15) is 4.79 Å². The number of benzene rings is 1. The molecule has 0 spiro atoms. The Morgan fingerprint density at radius 1 is 1.17 bits per heavy atom. The summed E-state index contributed by atoms with van der Waals surface area (Å²) in [5, 5.41) is 7.27. The monoisotopic (exact) mass is 378 g/mol. The van der Waals surface area contributed by atoms with Gasteiger partial charge in [0.2, 0.25) is 0 Å². The maximum absolute atomic E-state index is 11.8. The highest BCUT2D eigenvalue weighted by Gasteiger charge is 2.06. The maximum atomic E-state index is 11.8. The fourth-order valence-electron chi connectivity index (χ4n) is 2.30. The van der Waals surface area contributed by atoms with Crippen molar-refractivity contribution in [3.05, 3.63) is 56.4 Å². The Labute approximate surface area is 145 Å². The quantitative estimate of drug-likeness (QED) is 0.804. The number of nitrogens with one attached hydrogen (secondary N) is 1. The molecule has 1 aromatic heterocycles. The van der Waals surface area contributed by atoms with Crippen LogP contribution in [0.15, 0.2) is 39.7 Å². The van der Waals surface area contributed by atoms with Crippen LogP contribution >= 0.6 is 15.9 Å². The summed E-state index contributed by atoms with van der Waals surface area (Å²) in [6, 6.07) is 8.56. The number of anilines is 1. The molecule has 0 atom stereocenters. The van der Waals surface area contributed by atoms with Crippen molar-refractivity contribution in [1.29, 1.82) is 0 Å². The van der Waals surface area contributed by atoms with Crippen LogP contribution in [0.4, 0.5) is 5.69 Å². The Bertz CT molecular complexity index is 693. The molecule has 2 aromatic rings. The maximum Gasteiger partial charge on any atom is 0.282 e. The van der Waals surface area contributed by atoms with Gasteiger partial charge in [-0.15, -0.1) is 0 Å².